The number of hydrogen-bond acceptors (Lipinski definition) is 1. The van der Waals surface area contributed by atoms with E-state index in [1.807, 2.05) is 41.0 Å². The molecule has 1 aromatic heterocycles. The maximum Gasteiger partial charge on any atom is 0.258 e. The molecule has 0 amide bonds. The molecule has 0 saturated heterocycles. The monoisotopic (exact) mass is 211 g/mol. The van der Waals surface area contributed by atoms with Crippen molar-refractivity contribution >= 4 is 0 Å². The average molecular weight is 211 g/mol. The molecule has 2 heteroatoms. The lowest BCUT2D eigenvalue weighted by atomic mass is 10.1. The quantitative estimate of drug-likeness (QED) is 0.710. The van der Waals surface area contributed by atoms with Crippen LogP contribution in [-0.4, -0.2) is 4.57 Å². The summed E-state index contributed by atoms with van der Waals surface area (Å²) in [5.41, 5.74) is 3.15. The molecule has 0 N–H and O–H groups in total. The van der Waals surface area contributed by atoms with E-state index in [1.165, 1.54) is 5.69 Å². The molecule has 0 bridgehead atoms. The molecule has 2 aromatic rings. The van der Waals surface area contributed by atoms with Crippen LogP contribution in [-0.2, 0) is 13.0 Å². The van der Waals surface area contributed by atoms with Gasteiger partial charge in [0.1, 0.15) is 0 Å². The maximum absolute atomic E-state index is 12.2. The molecule has 0 saturated carbocycles. The number of rotatable bonds is 1. The van der Waals surface area contributed by atoms with Gasteiger partial charge in [0, 0.05) is 17.8 Å². The van der Waals surface area contributed by atoms with Crippen molar-refractivity contribution in [3.63, 3.8) is 0 Å². The van der Waals surface area contributed by atoms with Crippen LogP contribution in [0.1, 0.15) is 12.1 Å². The number of benzene rings is 1. The van der Waals surface area contributed by atoms with E-state index in [4.69, 9.17) is 0 Å². The lowest BCUT2D eigenvalue weighted by Crippen LogP contribution is -2.20. The van der Waals surface area contributed by atoms with E-state index in [0.717, 1.165) is 30.5 Å². The summed E-state index contributed by atoms with van der Waals surface area (Å²) >= 11 is 0. The molecule has 0 spiro atoms. The zero-order valence-corrected chi connectivity index (χ0v) is 9.02. The lowest BCUT2D eigenvalue weighted by molar-refractivity contribution is 0.722. The number of pyridine rings is 1. The molecule has 0 radical (unpaired) electrons. The van der Waals surface area contributed by atoms with Gasteiger partial charge in [0.05, 0.1) is 0 Å². The van der Waals surface area contributed by atoms with Crippen molar-refractivity contribution in [1.82, 2.24) is 4.57 Å². The smallest absolute Gasteiger partial charge is 0.258 e. The fraction of sp³-hybridized carbons (Fsp3) is 0.214. The van der Waals surface area contributed by atoms with Crippen molar-refractivity contribution < 1.29 is 0 Å². The molecule has 2 heterocycles. The molecular weight excluding hydrogens is 198 g/mol. The van der Waals surface area contributed by atoms with E-state index in [2.05, 4.69) is 6.07 Å². The van der Waals surface area contributed by atoms with Gasteiger partial charge in [-0.3, -0.25) is 4.79 Å². The van der Waals surface area contributed by atoms with Crippen LogP contribution in [0.2, 0.25) is 0 Å². The largest absolute Gasteiger partial charge is 0.312 e. The average Bonchev–Trinajstić information content (AvgIpc) is 2.80. The van der Waals surface area contributed by atoms with Gasteiger partial charge < -0.3 is 4.57 Å². The van der Waals surface area contributed by atoms with Gasteiger partial charge in [0.2, 0.25) is 0 Å². The molecule has 3 rings (SSSR count). The van der Waals surface area contributed by atoms with Crippen molar-refractivity contribution in [2.45, 2.75) is 19.4 Å². The summed E-state index contributed by atoms with van der Waals surface area (Å²) in [6.07, 6.45) is 2.12. The molecule has 0 fully saturated rings. The molecule has 0 atom stereocenters. The lowest BCUT2D eigenvalue weighted by Gasteiger charge is -2.06. The summed E-state index contributed by atoms with van der Waals surface area (Å²) in [6.45, 7) is 0.870. The molecule has 1 aromatic carbocycles. The molecule has 1 aliphatic rings. The molecule has 2 nitrogen and oxygen atoms in total. The maximum atomic E-state index is 12.2. The predicted molar refractivity (Wildman–Crippen MR) is 64.5 cm³/mol. The van der Waals surface area contributed by atoms with Crippen molar-refractivity contribution in [2.75, 3.05) is 0 Å². The second kappa shape index (κ2) is 3.63. The van der Waals surface area contributed by atoms with Crippen LogP contribution in [0.4, 0.5) is 0 Å². The zero-order chi connectivity index (χ0) is 11.0. The van der Waals surface area contributed by atoms with Gasteiger partial charge in [0.15, 0.2) is 0 Å². The first-order valence-corrected chi connectivity index (χ1v) is 5.64. The third-order valence-corrected chi connectivity index (χ3v) is 3.16. The van der Waals surface area contributed by atoms with Crippen LogP contribution in [0.3, 0.4) is 0 Å². The fourth-order valence-electron chi connectivity index (χ4n) is 2.34. The first-order chi connectivity index (χ1) is 7.86. The molecule has 0 unspecified atom stereocenters. The third-order valence-electron chi connectivity index (χ3n) is 3.16. The molecule has 0 aliphatic carbocycles. The van der Waals surface area contributed by atoms with Crippen LogP contribution in [0.15, 0.2) is 47.3 Å². The highest BCUT2D eigenvalue weighted by Gasteiger charge is 2.14. The minimum Gasteiger partial charge on any atom is -0.312 e. The number of aromatic nitrogens is 1. The Kier molecular flexibility index (Phi) is 2.13. The highest BCUT2D eigenvalue weighted by atomic mass is 16.1. The minimum absolute atomic E-state index is 0.154. The highest BCUT2D eigenvalue weighted by molar-refractivity contribution is 5.62. The minimum atomic E-state index is 0.154. The standard InChI is InChI=1S/C14H13NO/c16-14-13(11-5-2-1-3-6-11)9-8-12-7-4-10-15(12)14/h1-3,5-6,8-9H,4,7,10H2. The number of fused-ring (bicyclic) bond motifs is 1. The van der Waals surface area contributed by atoms with Crippen molar-refractivity contribution in [3.05, 3.63) is 58.5 Å². The van der Waals surface area contributed by atoms with E-state index in [-0.39, 0.29) is 5.56 Å². The van der Waals surface area contributed by atoms with Gasteiger partial charge in [-0.2, -0.15) is 0 Å². The normalized spacial score (nSPS) is 13.8. The zero-order valence-electron chi connectivity index (χ0n) is 9.02. The van der Waals surface area contributed by atoms with Crippen molar-refractivity contribution in [3.8, 4) is 11.1 Å². The summed E-state index contributed by atoms with van der Waals surface area (Å²) in [7, 11) is 0. The summed E-state index contributed by atoms with van der Waals surface area (Å²) < 4.78 is 1.91. The third kappa shape index (κ3) is 1.38. The van der Waals surface area contributed by atoms with Gasteiger partial charge in [0.25, 0.3) is 5.56 Å². The number of hydrogen-bond donors (Lipinski definition) is 0. The Labute approximate surface area is 94.2 Å². The Morgan fingerprint density at radius 2 is 1.81 bits per heavy atom. The van der Waals surface area contributed by atoms with Crippen LogP contribution in [0.5, 0.6) is 0 Å². The Bertz CT molecular complexity index is 569. The molecular formula is C14H13NO. The summed E-state index contributed by atoms with van der Waals surface area (Å²) in [5, 5.41) is 0. The van der Waals surface area contributed by atoms with E-state index in [1.54, 1.807) is 0 Å². The number of aryl methyl sites for hydroxylation is 1. The first-order valence-electron chi connectivity index (χ1n) is 5.64. The Morgan fingerprint density at radius 1 is 1.00 bits per heavy atom. The van der Waals surface area contributed by atoms with Crippen molar-refractivity contribution in [1.29, 1.82) is 0 Å². The van der Waals surface area contributed by atoms with Gasteiger partial charge in [-0.25, -0.2) is 0 Å². The van der Waals surface area contributed by atoms with Crippen LogP contribution in [0.25, 0.3) is 11.1 Å². The van der Waals surface area contributed by atoms with Crippen LogP contribution < -0.4 is 5.56 Å². The Hall–Kier alpha value is -1.83. The molecule has 80 valence electrons. The molecule has 1 aliphatic heterocycles. The second-order valence-electron chi connectivity index (χ2n) is 4.16. The summed E-state index contributed by atoms with van der Waals surface area (Å²) in [6, 6.07) is 13.9. The number of nitrogens with zero attached hydrogens (tertiary/aromatic N) is 1. The van der Waals surface area contributed by atoms with Crippen molar-refractivity contribution in [2.24, 2.45) is 0 Å². The predicted octanol–water partition coefficient (Wildman–Crippen LogP) is 2.46. The van der Waals surface area contributed by atoms with Crippen LogP contribution in [0, 0.1) is 0 Å². The van der Waals surface area contributed by atoms with Crippen LogP contribution >= 0.6 is 0 Å². The molecule has 16 heavy (non-hydrogen) atoms. The van der Waals surface area contributed by atoms with Gasteiger partial charge in [-0.1, -0.05) is 30.3 Å². The van der Waals surface area contributed by atoms with E-state index < -0.39 is 0 Å². The van der Waals surface area contributed by atoms with Gasteiger partial charge >= 0.3 is 0 Å². The fourth-order valence-corrected chi connectivity index (χ4v) is 2.34. The first kappa shape index (κ1) is 9.40. The van der Waals surface area contributed by atoms with E-state index in [9.17, 15) is 4.79 Å². The summed E-state index contributed by atoms with van der Waals surface area (Å²) in [5.74, 6) is 0. The Morgan fingerprint density at radius 3 is 2.62 bits per heavy atom. The summed E-state index contributed by atoms with van der Waals surface area (Å²) in [4.78, 5) is 12.2. The highest BCUT2D eigenvalue weighted by Crippen LogP contribution is 2.18. The van der Waals surface area contributed by atoms with Gasteiger partial charge in [-0.05, 0) is 30.5 Å². The second-order valence-corrected chi connectivity index (χ2v) is 4.16. The van der Waals surface area contributed by atoms with E-state index >= 15 is 0 Å². The van der Waals surface area contributed by atoms with E-state index in [0.29, 0.717) is 0 Å². The SMILES string of the molecule is O=c1c(-c2ccccc2)ccc2n1CCC2. The Balaban J connectivity index is 2.21. The topological polar surface area (TPSA) is 22.0 Å². The van der Waals surface area contributed by atoms with Gasteiger partial charge in [-0.15, -0.1) is 0 Å².